The van der Waals surface area contributed by atoms with Crippen molar-refractivity contribution in [3.05, 3.63) is 0 Å². The molecule has 0 aromatic heterocycles. The second kappa shape index (κ2) is 7.69. The molecule has 2 heterocycles. The van der Waals surface area contributed by atoms with Gasteiger partial charge in [0.2, 0.25) is 17.7 Å². The third-order valence-corrected chi connectivity index (χ3v) is 4.35. The molecule has 7 nitrogen and oxygen atoms in total. The Bertz CT molecular complexity index is 433. The molecule has 1 atom stereocenters. The van der Waals surface area contributed by atoms with E-state index < -0.39 is 0 Å². The van der Waals surface area contributed by atoms with Crippen molar-refractivity contribution in [3.8, 4) is 0 Å². The number of imide groups is 1. The molecule has 0 aromatic rings. The van der Waals surface area contributed by atoms with Crippen molar-refractivity contribution in [1.82, 2.24) is 14.9 Å². The Morgan fingerprint density at radius 1 is 1.14 bits per heavy atom. The van der Waals surface area contributed by atoms with Gasteiger partial charge in [0.15, 0.2) is 0 Å². The molecule has 2 fully saturated rings. The van der Waals surface area contributed by atoms with Gasteiger partial charge < -0.3 is 10.1 Å². The number of likely N-dealkylation sites (tertiary alicyclic amines) is 1. The number of nitrogens with zero attached hydrogens (tertiary/aromatic N) is 3. The van der Waals surface area contributed by atoms with Gasteiger partial charge in [0.1, 0.15) is 0 Å². The van der Waals surface area contributed by atoms with Crippen LogP contribution in [0.15, 0.2) is 0 Å². The first-order valence-corrected chi connectivity index (χ1v) is 8.05. The highest BCUT2D eigenvalue weighted by atomic mass is 16.5. The Kier molecular flexibility index (Phi) is 5.90. The molecule has 1 N–H and O–H groups in total. The SMILES string of the molecule is CC1CC(=O)N(CCCCCC(=O)N2CCN(O)CC2)C1=O. The molecule has 22 heavy (non-hydrogen) atoms. The van der Waals surface area contributed by atoms with Gasteiger partial charge in [0.05, 0.1) is 0 Å². The minimum absolute atomic E-state index is 0.0667. The number of amides is 3. The summed E-state index contributed by atoms with van der Waals surface area (Å²) in [7, 11) is 0. The minimum Gasteiger partial charge on any atom is -0.340 e. The summed E-state index contributed by atoms with van der Waals surface area (Å²) in [4.78, 5) is 38.5. The third-order valence-electron chi connectivity index (χ3n) is 4.35. The monoisotopic (exact) mass is 311 g/mol. The fourth-order valence-electron chi connectivity index (χ4n) is 2.91. The van der Waals surface area contributed by atoms with Crippen molar-refractivity contribution >= 4 is 17.7 Å². The van der Waals surface area contributed by atoms with Crippen molar-refractivity contribution in [2.75, 3.05) is 32.7 Å². The molecular weight excluding hydrogens is 286 g/mol. The molecule has 2 aliphatic heterocycles. The number of unbranched alkanes of at least 4 members (excludes halogenated alkanes) is 2. The number of hydroxylamine groups is 2. The summed E-state index contributed by atoms with van der Waals surface area (Å²) in [5, 5.41) is 10.5. The molecule has 2 rings (SSSR count). The summed E-state index contributed by atoms with van der Waals surface area (Å²) in [5.41, 5.74) is 0. The summed E-state index contributed by atoms with van der Waals surface area (Å²) in [5.74, 6) is -0.201. The van der Waals surface area contributed by atoms with Crippen LogP contribution in [0.1, 0.15) is 39.0 Å². The summed E-state index contributed by atoms with van der Waals surface area (Å²) in [6, 6.07) is 0. The Morgan fingerprint density at radius 2 is 1.82 bits per heavy atom. The second-order valence-electron chi connectivity index (χ2n) is 6.13. The average Bonchev–Trinajstić information content (AvgIpc) is 2.73. The van der Waals surface area contributed by atoms with Crippen LogP contribution in [0.4, 0.5) is 0 Å². The van der Waals surface area contributed by atoms with Gasteiger partial charge in [0, 0.05) is 51.5 Å². The first-order valence-electron chi connectivity index (χ1n) is 8.05. The van der Waals surface area contributed by atoms with Crippen LogP contribution in [0, 0.1) is 5.92 Å². The predicted octanol–water partition coefficient (Wildman–Crippen LogP) is 0.475. The molecule has 2 saturated heterocycles. The third kappa shape index (κ3) is 4.27. The average molecular weight is 311 g/mol. The van der Waals surface area contributed by atoms with Crippen molar-refractivity contribution in [1.29, 1.82) is 0 Å². The molecule has 2 aliphatic rings. The molecule has 0 radical (unpaired) electrons. The minimum atomic E-state index is -0.181. The Balaban J connectivity index is 1.58. The number of carbonyl (C=O) groups excluding carboxylic acids is 3. The molecular formula is C15H25N3O4. The van der Waals surface area contributed by atoms with Crippen molar-refractivity contribution in [2.24, 2.45) is 5.92 Å². The van der Waals surface area contributed by atoms with E-state index in [0.717, 1.165) is 19.3 Å². The maximum Gasteiger partial charge on any atom is 0.232 e. The van der Waals surface area contributed by atoms with E-state index >= 15 is 0 Å². The first-order chi connectivity index (χ1) is 10.5. The van der Waals surface area contributed by atoms with Crippen LogP contribution in [0.25, 0.3) is 0 Å². The topological polar surface area (TPSA) is 81.2 Å². The van der Waals surface area contributed by atoms with Crippen LogP contribution in [-0.4, -0.2) is 70.5 Å². The lowest BCUT2D eigenvalue weighted by molar-refractivity contribution is -0.146. The van der Waals surface area contributed by atoms with Gasteiger partial charge in [-0.05, 0) is 12.8 Å². The highest BCUT2D eigenvalue weighted by Crippen LogP contribution is 2.19. The number of piperazine rings is 1. The van der Waals surface area contributed by atoms with Crippen LogP contribution in [-0.2, 0) is 14.4 Å². The van der Waals surface area contributed by atoms with Crippen molar-refractivity contribution < 1.29 is 19.6 Å². The molecule has 1 unspecified atom stereocenters. The van der Waals surface area contributed by atoms with Gasteiger partial charge in [-0.2, -0.15) is 5.06 Å². The van der Waals surface area contributed by atoms with Crippen molar-refractivity contribution in [2.45, 2.75) is 39.0 Å². The highest BCUT2D eigenvalue weighted by Gasteiger charge is 2.34. The summed E-state index contributed by atoms with van der Waals surface area (Å²) >= 11 is 0. The fraction of sp³-hybridized carbons (Fsp3) is 0.800. The largest absolute Gasteiger partial charge is 0.340 e. The van der Waals surface area contributed by atoms with Gasteiger partial charge in [-0.1, -0.05) is 13.3 Å². The molecule has 0 aromatic carbocycles. The lowest BCUT2D eigenvalue weighted by atomic mass is 10.1. The van der Waals surface area contributed by atoms with Crippen LogP contribution in [0.2, 0.25) is 0 Å². The molecule has 0 aliphatic carbocycles. The highest BCUT2D eigenvalue weighted by molar-refractivity contribution is 6.03. The van der Waals surface area contributed by atoms with E-state index in [-0.39, 0.29) is 23.6 Å². The van der Waals surface area contributed by atoms with E-state index in [9.17, 15) is 19.6 Å². The van der Waals surface area contributed by atoms with Gasteiger partial charge in [-0.3, -0.25) is 19.3 Å². The number of carbonyl (C=O) groups is 3. The summed E-state index contributed by atoms with van der Waals surface area (Å²) in [6.45, 7) is 4.41. The summed E-state index contributed by atoms with van der Waals surface area (Å²) in [6.07, 6.45) is 3.17. The van der Waals surface area contributed by atoms with Crippen LogP contribution in [0.5, 0.6) is 0 Å². The van der Waals surface area contributed by atoms with Crippen LogP contribution >= 0.6 is 0 Å². The fourth-order valence-corrected chi connectivity index (χ4v) is 2.91. The number of hydrogen-bond acceptors (Lipinski definition) is 5. The van der Waals surface area contributed by atoms with E-state index in [2.05, 4.69) is 0 Å². The molecule has 7 heteroatoms. The van der Waals surface area contributed by atoms with Gasteiger partial charge in [0.25, 0.3) is 0 Å². The molecule has 0 spiro atoms. The van der Waals surface area contributed by atoms with E-state index in [1.165, 1.54) is 9.96 Å². The maximum absolute atomic E-state index is 12.0. The van der Waals surface area contributed by atoms with Crippen molar-refractivity contribution in [3.63, 3.8) is 0 Å². The van der Waals surface area contributed by atoms with Crippen LogP contribution in [0.3, 0.4) is 0 Å². The lowest BCUT2D eigenvalue weighted by Gasteiger charge is -2.31. The molecule has 0 bridgehead atoms. The molecule has 0 saturated carbocycles. The zero-order valence-corrected chi connectivity index (χ0v) is 13.2. The standard InChI is InChI=1S/C15H25N3O4/c1-12-11-14(20)18(15(12)21)6-4-2-3-5-13(19)16-7-9-17(22)10-8-16/h12,22H,2-11H2,1H3. The number of hydrogen-bond donors (Lipinski definition) is 1. The van der Waals surface area contributed by atoms with Gasteiger partial charge >= 0.3 is 0 Å². The molecule has 3 amide bonds. The van der Waals surface area contributed by atoms with E-state index in [1.54, 1.807) is 11.8 Å². The Morgan fingerprint density at radius 3 is 2.41 bits per heavy atom. The molecule has 124 valence electrons. The van der Waals surface area contributed by atoms with E-state index in [4.69, 9.17) is 0 Å². The quantitative estimate of drug-likeness (QED) is 0.570. The van der Waals surface area contributed by atoms with E-state index in [0.29, 0.717) is 45.6 Å². The number of rotatable bonds is 6. The Labute approximate surface area is 130 Å². The normalized spacial score (nSPS) is 23.5. The predicted molar refractivity (Wildman–Crippen MR) is 78.9 cm³/mol. The second-order valence-corrected chi connectivity index (χ2v) is 6.13. The maximum atomic E-state index is 12.0. The van der Waals surface area contributed by atoms with Crippen LogP contribution < -0.4 is 0 Å². The Hall–Kier alpha value is -1.47. The first kappa shape index (κ1) is 16.9. The zero-order valence-electron chi connectivity index (χ0n) is 13.2. The summed E-state index contributed by atoms with van der Waals surface area (Å²) < 4.78 is 0. The van der Waals surface area contributed by atoms with E-state index in [1.807, 2.05) is 0 Å². The van der Waals surface area contributed by atoms with Gasteiger partial charge in [-0.15, -0.1) is 0 Å². The van der Waals surface area contributed by atoms with Gasteiger partial charge in [-0.25, -0.2) is 0 Å². The lowest BCUT2D eigenvalue weighted by Crippen LogP contribution is -2.47. The smallest absolute Gasteiger partial charge is 0.232 e. The zero-order chi connectivity index (χ0) is 16.1.